The number of aliphatic hydroxyl groups is 1. The SMILES string of the molecule is COc1ccc2cc(OCC(O)(C3CCC4[C@@H](C=NN4c4ccc(F)cc4)C3)C(F)(F)F)ccc2c1. The number of fused-ring (bicyclic) bond motifs is 2. The van der Waals surface area contributed by atoms with Gasteiger partial charge in [0.2, 0.25) is 0 Å². The molecule has 5 rings (SSSR count). The molecule has 1 aliphatic heterocycles. The summed E-state index contributed by atoms with van der Waals surface area (Å²) < 4.78 is 66.7. The molecule has 1 N–H and O–H groups in total. The largest absolute Gasteiger partial charge is 0.497 e. The van der Waals surface area contributed by atoms with Crippen LogP contribution in [0.25, 0.3) is 10.8 Å². The summed E-state index contributed by atoms with van der Waals surface area (Å²) in [4.78, 5) is 0. The number of halogens is 4. The fourth-order valence-electron chi connectivity index (χ4n) is 5.23. The Kier molecular flexibility index (Phi) is 6.28. The van der Waals surface area contributed by atoms with Crippen LogP contribution in [0, 0.1) is 17.7 Å². The lowest BCUT2D eigenvalue weighted by molar-refractivity contribution is -0.291. The Balaban J connectivity index is 1.31. The maximum atomic E-state index is 14.2. The molecule has 9 heteroatoms. The van der Waals surface area contributed by atoms with E-state index >= 15 is 0 Å². The third kappa shape index (κ3) is 4.48. The lowest BCUT2D eigenvalue weighted by Crippen LogP contribution is -2.58. The third-order valence-electron chi connectivity index (χ3n) is 7.29. The zero-order valence-corrected chi connectivity index (χ0v) is 19.6. The maximum absolute atomic E-state index is 14.2. The van der Waals surface area contributed by atoms with Gasteiger partial charge in [0.25, 0.3) is 0 Å². The number of hydrogen-bond donors (Lipinski definition) is 1. The second-order valence-corrected chi connectivity index (χ2v) is 9.41. The molecule has 1 heterocycles. The molecule has 0 bridgehead atoms. The molecule has 1 saturated carbocycles. The van der Waals surface area contributed by atoms with E-state index in [0.717, 1.165) is 10.8 Å². The Morgan fingerprint density at radius 3 is 2.31 bits per heavy atom. The average molecular weight is 503 g/mol. The molecule has 3 unspecified atom stereocenters. The zero-order valence-electron chi connectivity index (χ0n) is 19.6. The molecule has 3 aromatic rings. The topological polar surface area (TPSA) is 54.3 Å². The van der Waals surface area contributed by atoms with Crippen LogP contribution >= 0.6 is 0 Å². The van der Waals surface area contributed by atoms with Crippen molar-refractivity contribution >= 4 is 22.7 Å². The molecular formula is C27H26F4N2O3. The minimum atomic E-state index is -4.87. The molecule has 3 aromatic carbocycles. The van der Waals surface area contributed by atoms with Gasteiger partial charge in [-0.15, -0.1) is 0 Å². The summed E-state index contributed by atoms with van der Waals surface area (Å²) in [6, 6.07) is 16.1. The van der Waals surface area contributed by atoms with E-state index in [4.69, 9.17) is 9.47 Å². The van der Waals surface area contributed by atoms with Crippen LogP contribution < -0.4 is 14.5 Å². The molecule has 190 valence electrons. The quantitative estimate of drug-likeness (QED) is 0.423. The highest BCUT2D eigenvalue weighted by Crippen LogP contribution is 2.47. The highest BCUT2D eigenvalue weighted by atomic mass is 19.4. The van der Waals surface area contributed by atoms with Crippen molar-refractivity contribution in [2.75, 3.05) is 18.7 Å². The van der Waals surface area contributed by atoms with Crippen molar-refractivity contribution in [2.45, 2.75) is 37.1 Å². The molecule has 1 aliphatic carbocycles. The van der Waals surface area contributed by atoms with E-state index in [1.54, 1.807) is 60.8 Å². The smallest absolute Gasteiger partial charge is 0.420 e. The van der Waals surface area contributed by atoms with Crippen molar-refractivity contribution in [1.29, 1.82) is 0 Å². The second kappa shape index (κ2) is 9.28. The Labute approximate surface area is 205 Å². The first-order valence-electron chi connectivity index (χ1n) is 11.8. The Morgan fingerprint density at radius 2 is 1.64 bits per heavy atom. The highest BCUT2D eigenvalue weighted by molar-refractivity contribution is 5.85. The number of alkyl halides is 3. The van der Waals surface area contributed by atoms with Gasteiger partial charge in [-0.05, 0) is 78.6 Å². The minimum absolute atomic E-state index is 0.114. The van der Waals surface area contributed by atoms with Gasteiger partial charge in [-0.3, -0.25) is 5.01 Å². The molecule has 0 spiro atoms. The molecule has 36 heavy (non-hydrogen) atoms. The molecule has 0 amide bonds. The van der Waals surface area contributed by atoms with Crippen LogP contribution in [0.2, 0.25) is 0 Å². The van der Waals surface area contributed by atoms with Crippen molar-refractivity contribution in [3.8, 4) is 11.5 Å². The molecular weight excluding hydrogens is 476 g/mol. The molecule has 0 aromatic heterocycles. The lowest BCUT2D eigenvalue weighted by Gasteiger charge is -2.43. The van der Waals surface area contributed by atoms with Crippen molar-refractivity contribution in [2.24, 2.45) is 16.9 Å². The van der Waals surface area contributed by atoms with Crippen molar-refractivity contribution in [3.05, 3.63) is 66.5 Å². The molecule has 5 nitrogen and oxygen atoms in total. The number of hydrazone groups is 1. The standard InChI is InChI=1S/C27H26F4N2O3/c1-35-23-9-2-18-14-24(10-3-17(18)13-23)36-16-26(34,27(29,30)31)20-4-11-25-19(12-20)15-32-33(25)22-7-5-21(28)6-8-22/h2-3,5-10,13-15,19-20,25,34H,4,11-12,16H2,1H3/t19-,20?,25?,26?/m1/s1. The van der Waals surface area contributed by atoms with Gasteiger partial charge in [-0.1, -0.05) is 12.1 Å². The van der Waals surface area contributed by atoms with Crippen LogP contribution in [0.15, 0.2) is 65.8 Å². The van der Waals surface area contributed by atoms with Gasteiger partial charge in [0.15, 0.2) is 5.60 Å². The molecule has 1 fully saturated rings. The van der Waals surface area contributed by atoms with Crippen molar-refractivity contribution < 1.29 is 32.1 Å². The van der Waals surface area contributed by atoms with Crippen LogP contribution in [0.1, 0.15) is 19.3 Å². The Hall–Kier alpha value is -3.33. The van der Waals surface area contributed by atoms with Gasteiger partial charge >= 0.3 is 6.18 Å². The predicted molar refractivity (Wildman–Crippen MR) is 129 cm³/mol. The number of nitrogens with zero attached hydrogens (tertiary/aromatic N) is 2. The van der Waals surface area contributed by atoms with E-state index in [0.29, 0.717) is 17.9 Å². The Morgan fingerprint density at radius 1 is 0.972 bits per heavy atom. The van der Waals surface area contributed by atoms with E-state index in [1.165, 1.54) is 12.1 Å². The lowest BCUT2D eigenvalue weighted by atomic mass is 9.71. The van der Waals surface area contributed by atoms with E-state index in [1.807, 2.05) is 6.07 Å². The minimum Gasteiger partial charge on any atom is -0.497 e. The highest BCUT2D eigenvalue weighted by Gasteiger charge is 2.60. The fourth-order valence-corrected chi connectivity index (χ4v) is 5.23. The first kappa shape index (κ1) is 24.4. The third-order valence-corrected chi connectivity index (χ3v) is 7.29. The molecule has 2 aliphatic rings. The number of rotatable bonds is 6. The molecule has 4 atom stereocenters. The summed E-state index contributed by atoms with van der Waals surface area (Å²) in [7, 11) is 1.56. The van der Waals surface area contributed by atoms with Gasteiger partial charge < -0.3 is 14.6 Å². The van der Waals surface area contributed by atoms with Crippen LogP contribution in [0.3, 0.4) is 0 Å². The van der Waals surface area contributed by atoms with Gasteiger partial charge in [0, 0.05) is 18.1 Å². The van der Waals surface area contributed by atoms with Gasteiger partial charge in [-0.2, -0.15) is 18.3 Å². The van der Waals surface area contributed by atoms with E-state index in [-0.39, 0.29) is 36.4 Å². The van der Waals surface area contributed by atoms with Crippen LogP contribution in [-0.4, -0.2) is 42.9 Å². The van der Waals surface area contributed by atoms with Crippen LogP contribution in [-0.2, 0) is 0 Å². The van der Waals surface area contributed by atoms with Gasteiger partial charge in [0.05, 0.1) is 18.8 Å². The normalized spacial score (nSPS) is 23.4. The predicted octanol–water partition coefficient (Wildman–Crippen LogP) is 5.95. The summed E-state index contributed by atoms with van der Waals surface area (Å²) in [6.45, 7) is -0.904. The number of ether oxygens (including phenoxy) is 2. The van der Waals surface area contributed by atoms with E-state index in [2.05, 4.69) is 5.10 Å². The van der Waals surface area contributed by atoms with E-state index in [9.17, 15) is 22.7 Å². The first-order valence-corrected chi connectivity index (χ1v) is 11.8. The van der Waals surface area contributed by atoms with Crippen LogP contribution in [0.4, 0.5) is 23.2 Å². The molecule has 0 saturated heterocycles. The van der Waals surface area contributed by atoms with Crippen LogP contribution in [0.5, 0.6) is 11.5 Å². The fraction of sp³-hybridized carbons (Fsp3) is 0.370. The summed E-state index contributed by atoms with van der Waals surface area (Å²) in [5.74, 6) is -0.773. The summed E-state index contributed by atoms with van der Waals surface area (Å²) in [6.07, 6.45) is -2.57. The Bertz CT molecular complexity index is 1260. The van der Waals surface area contributed by atoms with Crippen molar-refractivity contribution in [1.82, 2.24) is 0 Å². The summed E-state index contributed by atoms with van der Waals surface area (Å²) >= 11 is 0. The number of hydrogen-bond acceptors (Lipinski definition) is 5. The van der Waals surface area contributed by atoms with Gasteiger partial charge in [0.1, 0.15) is 23.9 Å². The monoisotopic (exact) mass is 502 g/mol. The maximum Gasteiger partial charge on any atom is 0.420 e. The van der Waals surface area contributed by atoms with E-state index < -0.39 is 24.3 Å². The zero-order chi connectivity index (χ0) is 25.5. The molecule has 0 radical (unpaired) electrons. The first-order chi connectivity index (χ1) is 17.2. The van der Waals surface area contributed by atoms with Crippen molar-refractivity contribution in [3.63, 3.8) is 0 Å². The summed E-state index contributed by atoms with van der Waals surface area (Å²) in [5.41, 5.74) is -2.33. The number of benzene rings is 3. The number of methoxy groups -OCH3 is 1. The average Bonchev–Trinajstić information content (AvgIpc) is 3.30. The van der Waals surface area contributed by atoms with Gasteiger partial charge in [-0.25, -0.2) is 4.39 Å². The summed E-state index contributed by atoms with van der Waals surface area (Å²) in [5, 5.41) is 18.7. The number of anilines is 1. The second-order valence-electron chi connectivity index (χ2n) is 9.41.